The van der Waals surface area contributed by atoms with E-state index < -0.39 is 10.0 Å². The molecule has 0 saturated carbocycles. The van der Waals surface area contributed by atoms with Gasteiger partial charge in [-0.3, -0.25) is 0 Å². The van der Waals surface area contributed by atoms with Gasteiger partial charge in [0.15, 0.2) is 4.67 Å². The first-order valence-corrected chi connectivity index (χ1v) is 9.71. The average molecular weight is 381 g/mol. The Bertz CT molecular complexity index is 514. The summed E-state index contributed by atoms with van der Waals surface area (Å²) in [6.07, 6.45) is 6.78. The molecule has 0 atom stereocenters. The molecule has 5 nitrogen and oxygen atoms in total. The van der Waals surface area contributed by atoms with E-state index in [9.17, 15) is 8.42 Å². The van der Waals surface area contributed by atoms with Crippen molar-refractivity contribution in [1.29, 1.82) is 0 Å². The minimum Gasteiger partial charge on any atom is -0.452 e. The lowest BCUT2D eigenvalue weighted by Gasteiger charge is -2.05. The summed E-state index contributed by atoms with van der Waals surface area (Å²) in [6.45, 7) is 3.14. The number of nitrogens with one attached hydrogen (secondary N) is 2. The van der Waals surface area contributed by atoms with E-state index in [0.717, 1.165) is 19.3 Å². The SMILES string of the molecule is CCCCCCCCNS(=O)(=O)c1cc(CNC)oc1Br. The Hall–Kier alpha value is -0.370. The molecule has 0 unspecified atom stereocenters. The molecule has 0 bridgehead atoms. The van der Waals surface area contributed by atoms with Crippen molar-refractivity contribution >= 4 is 26.0 Å². The van der Waals surface area contributed by atoms with E-state index in [2.05, 4.69) is 32.9 Å². The van der Waals surface area contributed by atoms with E-state index >= 15 is 0 Å². The molecule has 0 amide bonds. The third-order valence-electron chi connectivity index (χ3n) is 3.17. The van der Waals surface area contributed by atoms with Crippen LogP contribution in [-0.2, 0) is 16.6 Å². The van der Waals surface area contributed by atoms with E-state index in [1.54, 1.807) is 13.1 Å². The maximum absolute atomic E-state index is 12.2. The highest BCUT2D eigenvalue weighted by Gasteiger charge is 2.21. The summed E-state index contributed by atoms with van der Waals surface area (Å²) in [5.74, 6) is 0.587. The highest BCUT2D eigenvalue weighted by atomic mass is 79.9. The fourth-order valence-corrected chi connectivity index (χ4v) is 4.10. The van der Waals surface area contributed by atoms with Gasteiger partial charge in [-0.1, -0.05) is 39.0 Å². The first-order valence-electron chi connectivity index (χ1n) is 7.43. The Labute approximate surface area is 136 Å². The lowest BCUT2D eigenvalue weighted by Crippen LogP contribution is -2.24. The van der Waals surface area contributed by atoms with Crippen molar-refractivity contribution in [3.63, 3.8) is 0 Å². The van der Waals surface area contributed by atoms with Crippen molar-refractivity contribution in [3.05, 3.63) is 16.5 Å². The van der Waals surface area contributed by atoms with Crippen LogP contribution in [0.1, 0.15) is 51.2 Å². The summed E-state index contributed by atoms with van der Waals surface area (Å²) in [7, 11) is -1.73. The minimum atomic E-state index is -3.50. The maximum Gasteiger partial charge on any atom is 0.244 e. The molecule has 0 aromatic carbocycles. The van der Waals surface area contributed by atoms with E-state index in [-0.39, 0.29) is 9.56 Å². The molecule has 2 N–H and O–H groups in total. The molecule has 1 aromatic heterocycles. The van der Waals surface area contributed by atoms with Crippen molar-refractivity contribution in [1.82, 2.24) is 10.0 Å². The topological polar surface area (TPSA) is 71.3 Å². The second-order valence-electron chi connectivity index (χ2n) is 5.05. The summed E-state index contributed by atoms with van der Waals surface area (Å²) in [5.41, 5.74) is 0. The number of hydrogen-bond acceptors (Lipinski definition) is 4. The standard InChI is InChI=1S/C14H25BrN2O3S/c1-3-4-5-6-7-8-9-17-21(18,19)13-10-12(11-16-2)20-14(13)15/h10,16-17H,3-9,11H2,1-2H3. The molecule has 0 fully saturated rings. The van der Waals surface area contributed by atoms with Gasteiger partial charge in [-0.15, -0.1) is 0 Å². The molecule has 0 aliphatic carbocycles. The van der Waals surface area contributed by atoms with Gasteiger partial charge in [0.2, 0.25) is 10.0 Å². The number of sulfonamides is 1. The van der Waals surface area contributed by atoms with E-state index in [1.807, 2.05) is 0 Å². The smallest absolute Gasteiger partial charge is 0.244 e. The normalized spacial score (nSPS) is 12.0. The lowest BCUT2D eigenvalue weighted by atomic mass is 10.1. The fourth-order valence-electron chi connectivity index (χ4n) is 2.03. The summed E-state index contributed by atoms with van der Waals surface area (Å²) in [6, 6.07) is 1.55. The van der Waals surface area contributed by atoms with Crippen LogP contribution in [0.25, 0.3) is 0 Å². The van der Waals surface area contributed by atoms with Crippen LogP contribution in [0.15, 0.2) is 20.0 Å². The molecule has 0 saturated heterocycles. The maximum atomic E-state index is 12.2. The first kappa shape index (κ1) is 18.7. The fraction of sp³-hybridized carbons (Fsp3) is 0.714. The summed E-state index contributed by atoms with van der Waals surface area (Å²) in [5, 5.41) is 2.92. The second kappa shape index (κ2) is 9.61. The van der Waals surface area contributed by atoms with Gasteiger partial charge in [-0.05, 0) is 29.4 Å². The van der Waals surface area contributed by atoms with Crippen LogP contribution in [0.3, 0.4) is 0 Å². The zero-order valence-corrected chi connectivity index (χ0v) is 15.1. The van der Waals surface area contributed by atoms with Crippen molar-refractivity contribution in [2.45, 2.75) is 56.9 Å². The molecule has 1 heterocycles. The Morgan fingerprint density at radius 2 is 1.86 bits per heavy atom. The number of unbranched alkanes of at least 4 members (excludes halogenated alkanes) is 5. The number of rotatable bonds is 11. The lowest BCUT2D eigenvalue weighted by molar-refractivity contribution is 0.470. The summed E-state index contributed by atoms with van der Waals surface area (Å²) >= 11 is 3.16. The van der Waals surface area contributed by atoms with Gasteiger partial charge in [0.05, 0.1) is 6.54 Å². The van der Waals surface area contributed by atoms with Gasteiger partial charge < -0.3 is 9.73 Å². The molecule has 1 aromatic rings. The summed E-state index contributed by atoms with van der Waals surface area (Å²) in [4.78, 5) is 0.165. The highest BCUT2D eigenvalue weighted by Crippen LogP contribution is 2.26. The second-order valence-corrected chi connectivity index (χ2v) is 7.50. The van der Waals surface area contributed by atoms with E-state index in [0.29, 0.717) is 18.8 Å². The van der Waals surface area contributed by atoms with Gasteiger partial charge in [0, 0.05) is 12.6 Å². The number of hydrogen-bond donors (Lipinski definition) is 2. The first-order chi connectivity index (χ1) is 10.0. The molecule has 1 rings (SSSR count). The highest BCUT2D eigenvalue weighted by molar-refractivity contribution is 9.10. The molecule has 0 spiro atoms. The van der Waals surface area contributed by atoms with Crippen LogP contribution in [0.2, 0.25) is 0 Å². The molecule has 7 heteroatoms. The molecule has 0 radical (unpaired) electrons. The van der Waals surface area contributed by atoms with Crippen molar-refractivity contribution < 1.29 is 12.8 Å². The molecular formula is C14H25BrN2O3S. The minimum absolute atomic E-state index is 0.165. The van der Waals surface area contributed by atoms with Crippen LogP contribution in [0.4, 0.5) is 0 Å². The van der Waals surface area contributed by atoms with Gasteiger partial charge in [-0.25, -0.2) is 13.1 Å². The predicted molar refractivity (Wildman–Crippen MR) is 87.7 cm³/mol. The average Bonchev–Trinajstić information content (AvgIpc) is 2.80. The molecule has 122 valence electrons. The Morgan fingerprint density at radius 1 is 1.19 bits per heavy atom. The Morgan fingerprint density at radius 3 is 2.52 bits per heavy atom. The van der Waals surface area contributed by atoms with Crippen LogP contribution in [0.5, 0.6) is 0 Å². The Kier molecular flexibility index (Phi) is 8.55. The molecule has 0 aliphatic heterocycles. The van der Waals surface area contributed by atoms with Crippen molar-refractivity contribution in [2.24, 2.45) is 0 Å². The Balaban J connectivity index is 2.43. The molecule has 0 aliphatic rings. The van der Waals surface area contributed by atoms with Crippen LogP contribution in [0, 0.1) is 0 Å². The van der Waals surface area contributed by atoms with Gasteiger partial charge in [0.1, 0.15) is 10.7 Å². The van der Waals surface area contributed by atoms with Crippen LogP contribution >= 0.6 is 15.9 Å². The van der Waals surface area contributed by atoms with Crippen LogP contribution < -0.4 is 10.0 Å². The number of furan rings is 1. The zero-order valence-electron chi connectivity index (χ0n) is 12.7. The van der Waals surface area contributed by atoms with Crippen molar-refractivity contribution in [2.75, 3.05) is 13.6 Å². The van der Waals surface area contributed by atoms with Gasteiger partial charge in [0.25, 0.3) is 0 Å². The third-order valence-corrected chi connectivity index (χ3v) is 5.49. The van der Waals surface area contributed by atoms with Gasteiger partial charge >= 0.3 is 0 Å². The van der Waals surface area contributed by atoms with Crippen molar-refractivity contribution in [3.8, 4) is 0 Å². The quantitative estimate of drug-likeness (QED) is 0.577. The monoisotopic (exact) mass is 380 g/mol. The largest absolute Gasteiger partial charge is 0.452 e. The third kappa shape index (κ3) is 6.50. The van der Waals surface area contributed by atoms with Gasteiger partial charge in [-0.2, -0.15) is 0 Å². The van der Waals surface area contributed by atoms with E-state index in [1.165, 1.54) is 19.3 Å². The molecule has 21 heavy (non-hydrogen) atoms. The number of halogens is 1. The molecular weight excluding hydrogens is 356 g/mol. The van der Waals surface area contributed by atoms with Crippen LogP contribution in [-0.4, -0.2) is 22.0 Å². The predicted octanol–water partition coefficient (Wildman–Crippen LogP) is 3.40. The van der Waals surface area contributed by atoms with E-state index in [4.69, 9.17) is 4.42 Å². The zero-order chi connectivity index (χ0) is 15.7. The summed E-state index contributed by atoms with van der Waals surface area (Å²) < 4.78 is 32.6.